The van der Waals surface area contributed by atoms with Gasteiger partial charge in [0, 0.05) is 10.2 Å². The van der Waals surface area contributed by atoms with Gasteiger partial charge in [0.25, 0.3) is 0 Å². The highest BCUT2D eigenvalue weighted by molar-refractivity contribution is 9.10. The largest absolute Gasteiger partial charge is 0.398 e. The molecule has 0 saturated heterocycles. The SMILES string of the molecule is NNC(c1ccccc1)c1cc(Br)ccc1N. The van der Waals surface area contributed by atoms with Crippen molar-refractivity contribution >= 4 is 21.6 Å². The van der Waals surface area contributed by atoms with Crippen LogP contribution in [-0.2, 0) is 0 Å². The fourth-order valence-corrected chi connectivity index (χ4v) is 2.19. The predicted molar refractivity (Wildman–Crippen MR) is 74.2 cm³/mol. The van der Waals surface area contributed by atoms with Crippen molar-refractivity contribution in [2.24, 2.45) is 5.84 Å². The fraction of sp³-hybridized carbons (Fsp3) is 0.0769. The van der Waals surface area contributed by atoms with Crippen LogP contribution in [0.5, 0.6) is 0 Å². The zero-order valence-electron chi connectivity index (χ0n) is 9.23. The second-order valence-electron chi connectivity index (χ2n) is 3.78. The standard InChI is InChI=1S/C13H14BrN3/c14-10-6-7-12(15)11(8-10)13(17-16)9-4-2-1-3-5-9/h1-8,13,17H,15-16H2. The molecule has 2 aromatic rings. The topological polar surface area (TPSA) is 64.1 Å². The number of anilines is 1. The van der Waals surface area contributed by atoms with E-state index in [2.05, 4.69) is 21.4 Å². The molecule has 0 aliphatic carbocycles. The average molecular weight is 292 g/mol. The number of halogens is 1. The molecular formula is C13H14BrN3. The Morgan fingerprint density at radius 1 is 1.06 bits per heavy atom. The average Bonchev–Trinajstić information content (AvgIpc) is 2.36. The molecule has 0 spiro atoms. The highest BCUT2D eigenvalue weighted by atomic mass is 79.9. The Labute approximate surface area is 109 Å². The van der Waals surface area contributed by atoms with Crippen LogP contribution >= 0.6 is 15.9 Å². The molecule has 0 bridgehead atoms. The first-order valence-electron chi connectivity index (χ1n) is 5.28. The van der Waals surface area contributed by atoms with E-state index in [0.29, 0.717) is 0 Å². The first kappa shape index (κ1) is 12.1. The number of nitrogens with two attached hydrogens (primary N) is 2. The van der Waals surface area contributed by atoms with E-state index in [1.54, 1.807) is 0 Å². The van der Waals surface area contributed by atoms with Crippen molar-refractivity contribution in [3.05, 3.63) is 64.1 Å². The van der Waals surface area contributed by atoms with E-state index >= 15 is 0 Å². The summed E-state index contributed by atoms with van der Waals surface area (Å²) in [6.45, 7) is 0. The maximum absolute atomic E-state index is 5.99. The molecule has 0 aromatic heterocycles. The molecule has 0 fully saturated rings. The summed E-state index contributed by atoms with van der Waals surface area (Å²) in [5.74, 6) is 5.63. The molecule has 0 radical (unpaired) electrons. The third-order valence-electron chi connectivity index (χ3n) is 2.66. The molecule has 0 aliphatic rings. The van der Waals surface area contributed by atoms with Crippen molar-refractivity contribution in [1.29, 1.82) is 0 Å². The normalized spacial score (nSPS) is 12.4. The van der Waals surface area contributed by atoms with Crippen molar-refractivity contribution < 1.29 is 0 Å². The fourth-order valence-electron chi connectivity index (χ4n) is 1.81. The van der Waals surface area contributed by atoms with Crippen LogP contribution in [0.2, 0.25) is 0 Å². The molecule has 1 unspecified atom stereocenters. The van der Waals surface area contributed by atoms with Crippen LogP contribution in [0.1, 0.15) is 17.2 Å². The van der Waals surface area contributed by atoms with E-state index in [1.807, 2.05) is 48.5 Å². The van der Waals surface area contributed by atoms with Gasteiger partial charge >= 0.3 is 0 Å². The van der Waals surface area contributed by atoms with Crippen molar-refractivity contribution in [2.45, 2.75) is 6.04 Å². The Hall–Kier alpha value is -1.36. The maximum atomic E-state index is 5.99. The summed E-state index contributed by atoms with van der Waals surface area (Å²) in [5, 5.41) is 0. The minimum absolute atomic E-state index is 0.103. The van der Waals surface area contributed by atoms with Gasteiger partial charge in [-0.2, -0.15) is 0 Å². The van der Waals surface area contributed by atoms with Gasteiger partial charge in [-0.15, -0.1) is 0 Å². The Kier molecular flexibility index (Phi) is 3.78. The van der Waals surface area contributed by atoms with Gasteiger partial charge in [0.05, 0.1) is 6.04 Å². The molecular weight excluding hydrogens is 278 g/mol. The second kappa shape index (κ2) is 5.31. The van der Waals surface area contributed by atoms with Gasteiger partial charge in [-0.1, -0.05) is 46.3 Å². The number of nitrogens with one attached hydrogen (secondary N) is 1. The quantitative estimate of drug-likeness (QED) is 0.463. The van der Waals surface area contributed by atoms with Crippen LogP contribution in [0.25, 0.3) is 0 Å². The molecule has 4 heteroatoms. The molecule has 1 atom stereocenters. The summed E-state index contributed by atoms with van der Waals surface area (Å²) in [6.07, 6.45) is 0. The van der Waals surface area contributed by atoms with Crippen molar-refractivity contribution in [2.75, 3.05) is 5.73 Å². The molecule has 5 N–H and O–H groups in total. The Balaban J connectivity index is 2.46. The van der Waals surface area contributed by atoms with Crippen molar-refractivity contribution in [3.8, 4) is 0 Å². The Bertz CT molecular complexity index is 499. The molecule has 2 aromatic carbocycles. The Morgan fingerprint density at radius 3 is 2.41 bits per heavy atom. The highest BCUT2D eigenvalue weighted by Crippen LogP contribution is 2.28. The number of hydrogen-bond acceptors (Lipinski definition) is 3. The summed E-state index contributed by atoms with van der Waals surface area (Å²) < 4.78 is 0.984. The number of benzene rings is 2. The van der Waals surface area contributed by atoms with Crippen LogP contribution in [-0.4, -0.2) is 0 Å². The summed E-state index contributed by atoms with van der Waals surface area (Å²) in [6, 6.07) is 15.6. The van der Waals surface area contributed by atoms with E-state index < -0.39 is 0 Å². The number of hydrazine groups is 1. The summed E-state index contributed by atoms with van der Waals surface area (Å²) in [4.78, 5) is 0. The molecule has 0 saturated carbocycles. The van der Waals surface area contributed by atoms with Crippen LogP contribution in [0.3, 0.4) is 0 Å². The minimum Gasteiger partial charge on any atom is -0.398 e. The summed E-state index contributed by atoms with van der Waals surface area (Å²) in [5.41, 5.74) is 11.6. The van der Waals surface area contributed by atoms with Gasteiger partial charge in [-0.05, 0) is 29.3 Å². The zero-order chi connectivity index (χ0) is 12.3. The van der Waals surface area contributed by atoms with Gasteiger partial charge in [0.1, 0.15) is 0 Å². The van der Waals surface area contributed by atoms with Gasteiger partial charge < -0.3 is 5.73 Å². The second-order valence-corrected chi connectivity index (χ2v) is 4.70. The first-order chi connectivity index (χ1) is 8.22. The lowest BCUT2D eigenvalue weighted by molar-refractivity contribution is 0.638. The van der Waals surface area contributed by atoms with Crippen LogP contribution in [0.4, 0.5) is 5.69 Å². The lowest BCUT2D eigenvalue weighted by Gasteiger charge is -2.19. The molecule has 2 rings (SSSR count). The van der Waals surface area contributed by atoms with Crippen LogP contribution in [0, 0.1) is 0 Å². The molecule has 0 amide bonds. The lowest BCUT2D eigenvalue weighted by atomic mass is 9.98. The predicted octanol–water partition coefficient (Wildman–Crippen LogP) is 2.58. The zero-order valence-corrected chi connectivity index (χ0v) is 10.8. The van der Waals surface area contributed by atoms with E-state index in [1.165, 1.54) is 0 Å². The third kappa shape index (κ3) is 2.66. The van der Waals surface area contributed by atoms with Gasteiger partial charge in [0.2, 0.25) is 0 Å². The molecule has 0 aliphatic heterocycles. The monoisotopic (exact) mass is 291 g/mol. The van der Waals surface area contributed by atoms with E-state index in [9.17, 15) is 0 Å². The summed E-state index contributed by atoms with van der Waals surface area (Å²) >= 11 is 3.44. The molecule has 17 heavy (non-hydrogen) atoms. The van der Waals surface area contributed by atoms with Crippen molar-refractivity contribution in [1.82, 2.24) is 5.43 Å². The third-order valence-corrected chi connectivity index (χ3v) is 3.15. The number of rotatable bonds is 3. The minimum atomic E-state index is -0.103. The van der Waals surface area contributed by atoms with Gasteiger partial charge in [-0.3, -0.25) is 5.84 Å². The highest BCUT2D eigenvalue weighted by Gasteiger charge is 2.14. The summed E-state index contributed by atoms with van der Waals surface area (Å²) in [7, 11) is 0. The first-order valence-corrected chi connectivity index (χ1v) is 6.07. The van der Waals surface area contributed by atoms with E-state index in [-0.39, 0.29) is 6.04 Å². The van der Waals surface area contributed by atoms with E-state index in [4.69, 9.17) is 11.6 Å². The maximum Gasteiger partial charge on any atom is 0.0730 e. The number of nitrogen functional groups attached to an aromatic ring is 1. The van der Waals surface area contributed by atoms with E-state index in [0.717, 1.165) is 21.3 Å². The molecule has 0 heterocycles. The number of hydrogen-bond donors (Lipinski definition) is 3. The van der Waals surface area contributed by atoms with Gasteiger partial charge in [0.15, 0.2) is 0 Å². The Morgan fingerprint density at radius 2 is 1.76 bits per heavy atom. The molecule has 3 nitrogen and oxygen atoms in total. The van der Waals surface area contributed by atoms with Crippen LogP contribution < -0.4 is 17.0 Å². The lowest BCUT2D eigenvalue weighted by Crippen LogP contribution is -2.29. The molecule has 88 valence electrons. The van der Waals surface area contributed by atoms with Gasteiger partial charge in [-0.25, -0.2) is 5.43 Å². The smallest absolute Gasteiger partial charge is 0.0730 e. The van der Waals surface area contributed by atoms with Crippen molar-refractivity contribution in [3.63, 3.8) is 0 Å². The van der Waals surface area contributed by atoms with Crippen LogP contribution in [0.15, 0.2) is 53.0 Å².